The second-order valence-electron chi connectivity index (χ2n) is 5.38. The zero-order valence-corrected chi connectivity index (χ0v) is 12.5. The van der Waals surface area contributed by atoms with E-state index in [-0.39, 0.29) is 11.8 Å². The van der Waals surface area contributed by atoms with Crippen LogP contribution in [-0.2, 0) is 23.2 Å². The maximum absolute atomic E-state index is 12.5. The largest absolute Gasteiger partial charge is 0.343 e. The Morgan fingerprint density at radius 2 is 2.00 bits per heavy atom. The molecule has 1 aliphatic heterocycles. The minimum atomic E-state index is -0.751. The summed E-state index contributed by atoms with van der Waals surface area (Å²) in [6.45, 7) is 6.04. The van der Waals surface area contributed by atoms with E-state index in [1.165, 1.54) is 0 Å². The van der Waals surface area contributed by atoms with Gasteiger partial charge in [0.1, 0.15) is 11.6 Å². The smallest absolute Gasteiger partial charge is 0.246 e. The Morgan fingerprint density at radius 3 is 2.50 bits per heavy atom. The van der Waals surface area contributed by atoms with Gasteiger partial charge in [0, 0.05) is 25.4 Å². The van der Waals surface area contributed by atoms with Crippen LogP contribution in [0.5, 0.6) is 0 Å². The number of amides is 2. The predicted octanol–water partition coefficient (Wildman–Crippen LogP) is 0.826. The van der Waals surface area contributed by atoms with Crippen molar-refractivity contribution in [3.8, 4) is 0 Å². The van der Waals surface area contributed by atoms with Gasteiger partial charge >= 0.3 is 0 Å². The molecular formula is C14H22N4O2. The zero-order chi connectivity index (χ0) is 14.9. The molecule has 0 radical (unpaired) electrons. The molecule has 1 aromatic rings. The summed E-state index contributed by atoms with van der Waals surface area (Å²) in [5.41, 5.74) is 0.188. The van der Waals surface area contributed by atoms with Crippen molar-refractivity contribution in [1.29, 1.82) is 0 Å². The van der Waals surface area contributed by atoms with Crippen molar-refractivity contribution in [2.45, 2.75) is 51.7 Å². The normalized spacial score (nSPS) is 22.0. The van der Waals surface area contributed by atoms with Crippen LogP contribution in [0.3, 0.4) is 0 Å². The van der Waals surface area contributed by atoms with E-state index >= 15 is 0 Å². The monoisotopic (exact) mass is 278 g/mol. The highest BCUT2D eigenvalue weighted by atomic mass is 16.2. The van der Waals surface area contributed by atoms with Crippen molar-refractivity contribution in [2.24, 2.45) is 7.05 Å². The van der Waals surface area contributed by atoms with Crippen LogP contribution in [0.25, 0.3) is 0 Å². The van der Waals surface area contributed by atoms with E-state index < -0.39 is 11.6 Å². The molecule has 20 heavy (non-hydrogen) atoms. The van der Waals surface area contributed by atoms with Gasteiger partial charge in [0.25, 0.3) is 0 Å². The number of aromatic nitrogens is 2. The lowest BCUT2D eigenvalue weighted by molar-refractivity contribution is -0.158. The number of aryl methyl sites for hydroxylation is 1. The third-order valence-corrected chi connectivity index (χ3v) is 4.19. The quantitative estimate of drug-likeness (QED) is 0.887. The third-order valence-electron chi connectivity index (χ3n) is 4.19. The Kier molecular flexibility index (Phi) is 3.83. The number of carbonyl (C=O) groups is 2. The number of hydrogen-bond acceptors (Lipinski definition) is 3. The number of nitrogens with zero attached hydrogens (tertiary/aromatic N) is 3. The number of nitrogens with one attached hydrogen (secondary N) is 1. The summed E-state index contributed by atoms with van der Waals surface area (Å²) in [5, 5.41) is 6.91. The maximum Gasteiger partial charge on any atom is 0.246 e. The van der Waals surface area contributed by atoms with Gasteiger partial charge in [-0.25, -0.2) is 0 Å². The molecule has 1 N–H and O–H groups in total. The zero-order valence-electron chi connectivity index (χ0n) is 12.5. The van der Waals surface area contributed by atoms with Gasteiger partial charge in [0.15, 0.2) is 0 Å². The summed E-state index contributed by atoms with van der Waals surface area (Å²) in [4.78, 5) is 26.6. The molecule has 0 bridgehead atoms. The molecule has 1 saturated heterocycles. The van der Waals surface area contributed by atoms with Crippen LogP contribution in [0.2, 0.25) is 0 Å². The lowest BCUT2D eigenvalue weighted by Crippen LogP contribution is -2.69. The van der Waals surface area contributed by atoms with Crippen molar-refractivity contribution in [1.82, 2.24) is 20.0 Å². The fraction of sp³-hybridized carbons (Fsp3) is 0.643. The first-order chi connectivity index (χ1) is 9.44. The lowest BCUT2D eigenvalue weighted by atomic mass is 9.85. The molecule has 1 fully saturated rings. The van der Waals surface area contributed by atoms with Gasteiger partial charge < -0.3 is 10.2 Å². The predicted molar refractivity (Wildman–Crippen MR) is 74.7 cm³/mol. The lowest BCUT2D eigenvalue weighted by Gasteiger charge is -2.47. The van der Waals surface area contributed by atoms with Crippen LogP contribution in [-0.4, -0.2) is 38.1 Å². The molecule has 2 amide bonds. The Hall–Kier alpha value is -1.85. The Labute approximate surface area is 119 Å². The van der Waals surface area contributed by atoms with Crippen LogP contribution >= 0.6 is 0 Å². The second kappa shape index (κ2) is 5.26. The molecular weight excluding hydrogens is 256 g/mol. The van der Waals surface area contributed by atoms with E-state index in [9.17, 15) is 9.59 Å². The Bertz CT molecular complexity index is 519. The summed E-state index contributed by atoms with van der Waals surface area (Å²) in [6.07, 6.45) is 4.82. The van der Waals surface area contributed by atoms with Crippen LogP contribution in [0.4, 0.5) is 0 Å². The van der Waals surface area contributed by atoms with Crippen LogP contribution < -0.4 is 5.32 Å². The highest BCUT2D eigenvalue weighted by molar-refractivity contribution is 5.99. The van der Waals surface area contributed by atoms with E-state index in [0.29, 0.717) is 19.4 Å². The molecule has 2 heterocycles. The van der Waals surface area contributed by atoms with Gasteiger partial charge in [-0.2, -0.15) is 5.10 Å². The van der Waals surface area contributed by atoms with Gasteiger partial charge in [-0.3, -0.25) is 14.3 Å². The molecule has 6 heteroatoms. The SMILES string of the molecule is CCC1(CC)C(=O)NC(C)C(=O)N1Cc1cnn(C)c1. The summed E-state index contributed by atoms with van der Waals surface area (Å²) in [7, 11) is 1.84. The first-order valence-corrected chi connectivity index (χ1v) is 7.04. The third kappa shape index (κ3) is 2.19. The van der Waals surface area contributed by atoms with Gasteiger partial charge in [0.05, 0.1) is 6.20 Å². The fourth-order valence-electron chi connectivity index (χ4n) is 2.88. The Balaban J connectivity index is 2.36. The van der Waals surface area contributed by atoms with E-state index in [1.807, 2.05) is 27.1 Å². The van der Waals surface area contributed by atoms with E-state index in [4.69, 9.17) is 0 Å². The van der Waals surface area contributed by atoms with E-state index in [2.05, 4.69) is 10.4 Å². The number of piperazine rings is 1. The van der Waals surface area contributed by atoms with Crippen LogP contribution in [0.1, 0.15) is 39.2 Å². The van der Waals surface area contributed by atoms with E-state index in [0.717, 1.165) is 5.56 Å². The summed E-state index contributed by atoms with van der Waals surface area (Å²) in [6, 6.07) is -0.467. The topological polar surface area (TPSA) is 67.2 Å². The molecule has 1 aliphatic rings. The average molecular weight is 278 g/mol. The first-order valence-electron chi connectivity index (χ1n) is 7.04. The average Bonchev–Trinajstić information content (AvgIpc) is 2.82. The fourth-order valence-corrected chi connectivity index (χ4v) is 2.88. The molecule has 110 valence electrons. The van der Waals surface area contributed by atoms with Crippen LogP contribution in [0.15, 0.2) is 12.4 Å². The van der Waals surface area contributed by atoms with Gasteiger partial charge in [-0.1, -0.05) is 13.8 Å². The van der Waals surface area contributed by atoms with Crippen molar-refractivity contribution >= 4 is 11.8 Å². The first kappa shape index (κ1) is 14.6. The van der Waals surface area contributed by atoms with Crippen molar-refractivity contribution in [3.63, 3.8) is 0 Å². The standard InChI is InChI=1S/C14H22N4O2/c1-5-14(6-2)13(20)16-10(3)12(19)18(14)9-11-7-15-17(4)8-11/h7-8,10H,5-6,9H2,1-4H3,(H,16,20). The second-order valence-corrected chi connectivity index (χ2v) is 5.38. The molecule has 1 atom stereocenters. The molecule has 0 aliphatic carbocycles. The molecule has 0 saturated carbocycles. The molecule has 2 rings (SSSR count). The van der Waals surface area contributed by atoms with Crippen molar-refractivity contribution < 1.29 is 9.59 Å². The van der Waals surface area contributed by atoms with Gasteiger partial charge in [-0.15, -0.1) is 0 Å². The Morgan fingerprint density at radius 1 is 1.35 bits per heavy atom. The summed E-state index contributed by atoms with van der Waals surface area (Å²) >= 11 is 0. The molecule has 1 aromatic heterocycles. The minimum absolute atomic E-state index is 0.0304. The highest BCUT2D eigenvalue weighted by Crippen LogP contribution is 2.30. The van der Waals surface area contributed by atoms with Crippen molar-refractivity contribution in [2.75, 3.05) is 0 Å². The number of hydrogen-bond donors (Lipinski definition) is 1. The minimum Gasteiger partial charge on any atom is -0.343 e. The molecule has 0 aromatic carbocycles. The molecule has 6 nitrogen and oxygen atoms in total. The number of carbonyl (C=O) groups excluding carboxylic acids is 2. The highest BCUT2D eigenvalue weighted by Gasteiger charge is 2.49. The van der Waals surface area contributed by atoms with Crippen molar-refractivity contribution in [3.05, 3.63) is 18.0 Å². The van der Waals surface area contributed by atoms with Crippen LogP contribution in [0, 0.1) is 0 Å². The summed E-state index contributed by atoms with van der Waals surface area (Å²) < 4.78 is 1.70. The maximum atomic E-state index is 12.5. The molecule has 1 unspecified atom stereocenters. The van der Waals surface area contributed by atoms with E-state index in [1.54, 1.807) is 22.7 Å². The van der Waals surface area contributed by atoms with Gasteiger partial charge in [0.2, 0.25) is 11.8 Å². The number of rotatable bonds is 4. The van der Waals surface area contributed by atoms with Gasteiger partial charge in [-0.05, 0) is 19.8 Å². The summed E-state index contributed by atoms with van der Waals surface area (Å²) in [5.74, 6) is -0.0874. The molecule has 0 spiro atoms.